The molecule has 0 radical (unpaired) electrons. The molecule has 0 aromatic heterocycles. The molecule has 1 aliphatic rings. The monoisotopic (exact) mass is 524 g/mol. The number of halogens is 2. The fourth-order valence-electron chi connectivity index (χ4n) is 2.83. The highest BCUT2D eigenvalue weighted by molar-refractivity contribution is 14.0. The van der Waals surface area contributed by atoms with E-state index >= 15 is 0 Å². The predicted molar refractivity (Wildman–Crippen MR) is 119 cm³/mol. The number of unbranched alkanes of at least 4 members (excludes halogenated alkanes) is 1. The van der Waals surface area contributed by atoms with E-state index in [1.807, 2.05) is 13.1 Å². The topological polar surface area (TPSA) is 40.1 Å². The first-order valence-corrected chi connectivity index (χ1v) is 9.45. The van der Waals surface area contributed by atoms with E-state index in [1.165, 1.54) is 12.0 Å². The molecule has 1 heterocycles. The van der Waals surface area contributed by atoms with Crippen molar-refractivity contribution in [3.05, 3.63) is 34.3 Å². The Hall–Kier alpha value is -0.380. The van der Waals surface area contributed by atoms with E-state index in [4.69, 9.17) is 4.74 Å². The first kappa shape index (κ1) is 22.7. The molecule has 1 aliphatic heterocycles. The number of guanidine groups is 1. The maximum atomic E-state index is 5.38. The van der Waals surface area contributed by atoms with E-state index in [1.54, 1.807) is 0 Å². The Bertz CT molecular complexity index is 524. The van der Waals surface area contributed by atoms with Gasteiger partial charge in [0.05, 0.1) is 13.2 Å². The smallest absolute Gasteiger partial charge is 0.193 e. The molecule has 5 nitrogen and oxygen atoms in total. The number of hydrogen-bond acceptors (Lipinski definition) is 3. The van der Waals surface area contributed by atoms with Crippen LogP contribution in [0.25, 0.3) is 0 Å². The van der Waals surface area contributed by atoms with Crippen LogP contribution in [-0.4, -0.2) is 69.2 Å². The minimum Gasteiger partial charge on any atom is -0.379 e. The molecule has 0 bridgehead atoms. The summed E-state index contributed by atoms with van der Waals surface area (Å²) in [6.45, 7) is 6.85. The standard InChI is InChI=1S/C18H29BrN4O.HI/c1-20-18(22(2)15-16-7-3-4-8-17(16)19)21-9-5-6-10-23-11-13-24-14-12-23;/h3-4,7-8H,5-6,9-15H2,1-2H3,(H,20,21);1H. The third kappa shape index (κ3) is 8.23. The number of nitrogens with one attached hydrogen (secondary N) is 1. The van der Waals surface area contributed by atoms with Gasteiger partial charge in [0.25, 0.3) is 0 Å². The summed E-state index contributed by atoms with van der Waals surface area (Å²) in [5, 5.41) is 3.46. The van der Waals surface area contributed by atoms with Crippen LogP contribution >= 0.6 is 39.9 Å². The molecule has 0 saturated carbocycles. The number of hydrogen-bond donors (Lipinski definition) is 1. The van der Waals surface area contributed by atoms with Gasteiger partial charge in [0.2, 0.25) is 0 Å². The van der Waals surface area contributed by atoms with Crippen LogP contribution in [0.4, 0.5) is 0 Å². The Morgan fingerprint density at radius 1 is 1.28 bits per heavy atom. The summed E-state index contributed by atoms with van der Waals surface area (Å²) in [6.07, 6.45) is 2.36. The number of aliphatic imine (C=N–C) groups is 1. The largest absolute Gasteiger partial charge is 0.379 e. The lowest BCUT2D eigenvalue weighted by molar-refractivity contribution is 0.0372. The maximum Gasteiger partial charge on any atom is 0.193 e. The molecule has 2 rings (SSSR count). The van der Waals surface area contributed by atoms with Gasteiger partial charge in [-0.1, -0.05) is 34.1 Å². The number of morpholine rings is 1. The van der Waals surface area contributed by atoms with Crippen molar-refractivity contribution in [1.29, 1.82) is 0 Å². The lowest BCUT2D eigenvalue weighted by atomic mass is 10.2. The van der Waals surface area contributed by atoms with Crippen LogP contribution in [0.5, 0.6) is 0 Å². The Labute approximate surface area is 177 Å². The fraction of sp³-hybridized carbons (Fsp3) is 0.611. The fourth-order valence-corrected chi connectivity index (χ4v) is 3.24. The minimum atomic E-state index is 0. The van der Waals surface area contributed by atoms with Crippen molar-refractivity contribution in [3.63, 3.8) is 0 Å². The molecule has 1 saturated heterocycles. The SMILES string of the molecule is CN=C(NCCCCN1CCOCC1)N(C)Cc1ccccc1Br.I. The van der Waals surface area contributed by atoms with Gasteiger partial charge in [-0.05, 0) is 31.0 Å². The second kappa shape index (κ2) is 12.9. The molecule has 0 atom stereocenters. The minimum absolute atomic E-state index is 0. The molecule has 25 heavy (non-hydrogen) atoms. The molecule has 0 aliphatic carbocycles. The van der Waals surface area contributed by atoms with E-state index < -0.39 is 0 Å². The molecule has 1 N–H and O–H groups in total. The van der Waals surface area contributed by atoms with Crippen LogP contribution in [-0.2, 0) is 11.3 Å². The molecule has 0 spiro atoms. The summed E-state index contributed by atoms with van der Waals surface area (Å²) >= 11 is 3.61. The van der Waals surface area contributed by atoms with Gasteiger partial charge in [0, 0.05) is 44.7 Å². The lowest BCUT2D eigenvalue weighted by Crippen LogP contribution is -2.39. The van der Waals surface area contributed by atoms with Crippen LogP contribution in [0.2, 0.25) is 0 Å². The van der Waals surface area contributed by atoms with Crippen molar-refractivity contribution in [3.8, 4) is 0 Å². The summed E-state index contributed by atoms with van der Waals surface area (Å²) in [6, 6.07) is 8.31. The van der Waals surface area contributed by atoms with Crippen molar-refractivity contribution in [2.24, 2.45) is 4.99 Å². The van der Waals surface area contributed by atoms with Crippen molar-refractivity contribution in [2.45, 2.75) is 19.4 Å². The third-order valence-electron chi connectivity index (χ3n) is 4.23. The van der Waals surface area contributed by atoms with E-state index in [0.717, 1.165) is 62.8 Å². The maximum absolute atomic E-state index is 5.38. The average molecular weight is 525 g/mol. The quantitative estimate of drug-likeness (QED) is 0.257. The molecular weight excluding hydrogens is 495 g/mol. The highest BCUT2D eigenvalue weighted by atomic mass is 127. The summed E-state index contributed by atoms with van der Waals surface area (Å²) in [5.41, 5.74) is 1.26. The van der Waals surface area contributed by atoms with Crippen molar-refractivity contribution < 1.29 is 4.74 Å². The zero-order chi connectivity index (χ0) is 17.2. The number of benzene rings is 1. The zero-order valence-electron chi connectivity index (χ0n) is 15.2. The second-order valence-electron chi connectivity index (χ2n) is 6.08. The molecule has 0 amide bonds. The highest BCUT2D eigenvalue weighted by Gasteiger charge is 2.10. The number of rotatable bonds is 7. The van der Waals surface area contributed by atoms with Crippen LogP contribution in [0, 0.1) is 0 Å². The Morgan fingerprint density at radius 2 is 2.00 bits per heavy atom. The summed E-state index contributed by atoms with van der Waals surface area (Å²) in [4.78, 5) is 9.03. The molecular formula is C18H30BrIN4O. The van der Waals surface area contributed by atoms with E-state index in [2.05, 4.69) is 61.3 Å². The van der Waals surface area contributed by atoms with Crippen LogP contribution in [0.3, 0.4) is 0 Å². The average Bonchev–Trinajstić information content (AvgIpc) is 2.61. The van der Waals surface area contributed by atoms with Gasteiger partial charge in [-0.3, -0.25) is 9.89 Å². The number of ether oxygens (including phenoxy) is 1. The third-order valence-corrected chi connectivity index (χ3v) is 5.00. The van der Waals surface area contributed by atoms with Gasteiger partial charge in [-0.15, -0.1) is 24.0 Å². The number of nitrogens with zero attached hydrogens (tertiary/aromatic N) is 3. The van der Waals surface area contributed by atoms with Gasteiger partial charge in [-0.2, -0.15) is 0 Å². The molecule has 142 valence electrons. The van der Waals surface area contributed by atoms with Crippen molar-refractivity contribution in [1.82, 2.24) is 15.1 Å². The molecule has 7 heteroatoms. The first-order chi connectivity index (χ1) is 11.7. The van der Waals surface area contributed by atoms with Crippen molar-refractivity contribution in [2.75, 3.05) is 53.5 Å². The van der Waals surface area contributed by atoms with Crippen LogP contribution in [0.15, 0.2) is 33.7 Å². The Morgan fingerprint density at radius 3 is 2.68 bits per heavy atom. The lowest BCUT2D eigenvalue weighted by Gasteiger charge is -2.26. The zero-order valence-corrected chi connectivity index (χ0v) is 19.1. The first-order valence-electron chi connectivity index (χ1n) is 8.66. The van der Waals surface area contributed by atoms with E-state index in [0.29, 0.717) is 0 Å². The van der Waals surface area contributed by atoms with Gasteiger partial charge in [-0.25, -0.2) is 0 Å². The second-order valence-corrected chi connectivity index (χ2v) is 6.94. The Kier molecular flexibility index (Phi) is 11.7. The predicted octanol–water partition coefficient (Wildman–Crippen LogP) is 3.19. The Balaban J connectivity index is 0.00000312. The van der Waals surface area contributed by atoms with Gasteiger partial charge in [0.1, 0.15) is 0 Å². The summed E-state index contributed by atoms with van der Waals surface area (Å²) in [5.74, 6) is 0.942. The molecule has 0 unspecified atom stereocenters. The van der Waals surface area contributed by atoms with Crippen LogP contribution < -0.4 is 5.32 Å². The molecule has 1 aromatic rings. The van der Waals surface area contributed by atoms with Crippen LogP contribution in [0.1, 0.15) is 18.4 Å². The summed E-state index contributed by atoms with van der Waals surface area (Å²) in [7, 11) is 3.91. The molecule has 1 fully saturated rings. The van der Waals surface area contributed by atoms with Crippen molar-refractivity contribution >= 4 is 45.9 Å². The van der Waals surface area contributed by atoms with E-state index in [-0.39, 0.29) is 24.0 Å². The molecule has 1 aromatic carbocycles. The van der Waals surface area contributed by atoms with Gasteiger partial charge in [0.15, 0.2) is 5.96 Å². The van der Waals surface area contributed by atoms with E-state index in [9.17, 15) is 0 Å². The van der Waals surface area contributed by atoms with Gasteiger partial charge < -0.3 is 15.0 Å². The highest BCUT2D eigenvalue weighted by Crippen LogP contribution is 2.17. The van der Waals surface area contributed by atoms with Gasteiger partial charge >= 0.3 is 0 Å². The summed E-state index contributed by atoms with van der Waals surface area (Å²) < 4.78 is 6.51. The normalized spacial score (nSPS) is 15.6.